The van der Waals surface area contributed by atoms with Gasteiger partial charge in [0.2, 0.25) is 0 Å². The van der Waals surface area contributed by atoms with Gasteiger partial charge in [0.25, 0.3) is 0 Å². The zero-order chi connectivity index (χ0) is 21.5. The van der Waals surface area contributed by atoms with Gasteiger partial charge in [-0.15, -0.1) is 0 Å². The van der Waals surface area contributed by atoms with Crippen molar-refractivity contribution in [2.24, 2.45) is 0 Å². The Kier molecular flexibility index (Phi) is 8.16. The van der Waals surface area contributed by atoms with Crippen molar-refractivity contribution in [3.63, 3.8) is 0 Å². The number of piperazine rings is 1. The number of furan rings is 1. The molecule has 1 aromatic carbocycles. The third-order valence-electron chi connectivity index (χ3n) is 5.40. The van der Waals surface area contributed by atoms with Crippen LogP contribution < -0.4 is 9.47 Å². The summed E-state index contributed by atoms with van der Waals surface area (Å²) in [4.78, 5) is 6.78. The van der Waals surface area contributed by atoms with E-state index in [0.717, 1.165) is 56.4 Å². The molecule has 1 saturated heterocycles. The van der Waals surface area contributed by atoms with Gasteiger partial charge in [-0.2, -0.15) is 0 Å². The summed E-state index contributed by atoms with van der Waals surface area (Å²) in [6.45, 7) is 8.35. The molecule has 0 unspecified atom stereocenters. The van der Waals surface area contributed by atoms with Gasteiger partial charge in [0.05, 0.1) is 13.7 Å². The molecule has 0 radical (unpaired) electrons. The summed E-state index contributed by atoms with van der Waals surface area (Å²) in [6, 6.07) is 9.94. The lowest BCUT2D eigenvalue weighted by Gasteiger charge is -2.33. The summed E-state index contributed by atoms with van der Waals surface area (Å²) >= 11 is 0. The molecule has 0 amide bonds. The third kappa shape index (κ3) is 6.74. The van der Waals surface area contributed by atoms with Crippen molar-refractivity contribution in [2.45, 2.75) is 26.1 Å². The Morgan fingerprint density at radius 2 is 1.87 bits per heavy atom. The smallest absolute Gasteiger partial charge is 0.161 e. The minimum atomic E-state index is -0.536. The highest BCUT2D eigenvalue weighted by Gasteiger charge is 2.18. The Bertz CT molecular complexity index is 787. The van der Waals surface area contributed by atoms with Crippen LogP contribution >= 0.6 is 0 Å². The largest absolute Gasteiger partial charge is 0.493 e. The number of aliphatic hydroxyl groups excluding tert-OH is 1. The molecular weight excluding hydrogens is 382 g/mol. The lowest BCUT2D eigenvalue weighted by atomic mass is 10.2. The van der Waals surface area contributed by atoms with Gasteiger partial charge in [0.1, 0.15) is 24.2 Å². The Labute approximate surface area is 179 Å². The molecule has 3 rings (SSSR count). The van der Waals surface area contributed by atoms with E-state index in [1.54, 1.807) is 7.11 Å². The Morgan fingerprint density at radius 3 is 2.53 bits per heavy atom. The van der Waals surface area contributed by atoms with Gasteiger partial charge in [0.15, 0.2) is 11.5 Å². The first-order valence-electron chi connectivity index (χ1n) is 10.6. The highest BCUT2D eigenvalue weighted by Crippen LogP contribution is 2.29. The summed E-state index contributed by atoms with van der Waals surface area (Å²) in [5, 5.41) is 10.4. The van der Waals surface area contributed by atoms with Crippen LogP contribution in [0.25, 0.3) is 0 Å². The van der Waals surface area contributed by atoms with Crippen LogP contribution in [0.1, 0.15) is 17.1 Å². The second-order valence-corrected chi connectivity index (χ2v) is 8.24. The van der Waals surface area contributed by atoms with Crippen LogP contribution in [0.15, 0.2) is 34.7 Å². The molecule has 0 spiro atoms. The van der Waals surface area contributed by atoms with Gasteiger partial charge in [-0.25, -0.2) is 0 Å². The van der Waals surface area contributed by atoms with Crippen molar-refractivity contribution in [3.05, 3.63) is 47.4 Å². The van der Waals surface area contributed by atoms with E-state index < -0.39 is 6.10 Å². The highest BCUT2D eigenvalue weighted by atomic mass is 16.5. The van der Waals surface area contributed by atoms with Crippen molar-refractivity contribution in [1.82, 2.24) is 14.7 Å². The summed E-state index contributed by atoms with van der Waals surface area (Å²) < 4.78 is 17.1. The average Bonchev–Trinajstić information content (AvgIpc) is 3.12. The lowest BCUT2D eigenvalue weighted by Crippen LogP contribution is -2.47. The maximum atomic E-state index is 10.4. The second-order valence-electron chi connectivity index (χ2n) is 8.24. The number of aliphatic hydroxyl groups is 1. The van der Waals surface area contributed by atoms with E-state index in [0.29, 0.717) is 18.0 Å². The Hall–Kier alpha value is -2.06. The van der Waals surface area contributed by atoms with Crippen molar-refractivity contribution < 1.29 is 19.0 Å². The number of methoxy groups -OCH3 is 1. The number of β-amino-alcohol motifs (C(OH)–C–C–N with tert-alkyl or cyclic N) is 1. The molecule has 1 aliphatic heterocycles. The second kappa shape index (κ2) is 10.8. The molecule has 1 atom stereocenters. The first kappa shape index (κ1) is 22.6. The van der Waals surface area contributed by atoms with E-state index in [4.69, 9.17) is 13.9 Å². The fourth-order valence-corrected chi connectivity index (χ4v) is 3.70. The van der Waals surface area contributed by atoms with E-state index in [1.165, 1.54) is 0 Å². The molecule has 1 aliphatic rings. The molecule has 7 heteroatoms. The first-order chi connectivity index (χ1) is 14.4. The van der Waals surface area contributed by atoms with Gasteiger partial charge in [-0.05, 0) is 50.8 Å². The van der Waals surface area contributed by atoms with Crippen LogP contribution in [-0.4, -0.2) is 86.4 Å². The van der Waals surface area contributed by atoms with Crippen LogP contribution in [0, 0.1) is 6.92 Å². The van der Waals surface area contributed by atoms with E-state index in [9.17, 15) is 5.11 Å². The number of hydrogen-bond acceptors (Lipinski definition) is 7. The number of aryl methyl sites for hydroxylation is 1. The minimum absolute atomic E-state index is 0.244. The van der Waals surface area contributed by atoms with E-state index >= 15 is 0 Å². The van der Waals surface area contributed by atoms with Crippen molar-refractivity contribution >= 4 is 0 Å². The van der Waals surface area contributed by atoms with Gasteiger partial charge >= 0.3 is 0 Å². The summed E-state index contributed by atoms with van der Waals surface area (Å²) in [5.74, 6) is 3.21. The predicted octanol–water partition coefficient (Wildman–Crippen LogP) is 2.22. The van der Waals surface area contributed by atoms with Gasteiger partial charge in [0, 0.05) is 39.3 Å². The maximum absolute atomic E-state index is 10.4. The molecule has 2 heterocycles. The minimum Gasteiger partial charge on any atom is -0.493 e. The topological polar surface area (TPSA) is 61.6 Å². The summed E-state index contributed by atoms with van der Waals surface area (Å²) in [7, 11) is 5.82. The SMILES string of the molecule is COc1ccc(CN(C)Cc2ccc(C)o2)cc1OC[C@@H](O)CN1CCN(C)CC1. The molecule has 30 heavy (non-hydrogen) atoms. The summed E-state index contributed by atoms with van der Waals surface area (Å²) in [5.41, 5.74) is 1.12. The fourth-order valence-electron chi connectivity index (χ4n) is 3.70. The van der Waals surface area contributed by atoms with Crippen molar-refractivity contribution in [2.75, 3.05) is 60.5 Å². The monoisotopic (exact) mass is 417 g/mol. The number of ether oxygens (including phenoxy) is 2. The Morgan fingerprint density at radius 1 is 1.10 bits per heavy atom. The first-order valence-corrected chi connectivity index (χ1v) is 10.6. The number of benzene rings is 1. The third-order valence-corrected chi connectivity index (χ3v) is 5.40. The molecule has 1 N–H and O–H groups in total. The van der Waals surface area contributed by atoms with E-state index in [-0.39, 0.29) is 6.61 Å². The predicted molar refractivity (Wildman–Crippen MR) is 117 cm³/mol. The van der Waals surface area contributed by atoms with Crippen LogP contribution in [0.2, 0.25) is 0 Å². The molecule has 0 bridgehead atoms. The van der Waals surface area contributed by atoms with Crippen molar-refractivity contribution in [1.29, 1.82) is 0 Å². The van der Waals surface area contributed by atoms with Crippen molar-refractivity contribution in [3.8, 4) is 11.5 Å². The normalized spacial score (nSPS) is 16.7. The highest BCUT2D eigenvalue weighted by molar-refractivity contribution is 5.43. The molecular formula is C23H35N3O4. The van der Waals surface area contributed by atoms with Crippen LogP contribution in [0.4, 0.5) is 0 Å². The summed E-state index contributed by atoms with van der Waals surface area (Å²) in [6.07, 6.45) is -0.536. The standard InChI is InChI=1S/C23H35N3O4/c1-18-5-7-21(30-18)16-25(3)14-19-6-8-22(28-4)23(13-19)29-17-20(27)15-26-11-9-24(2)10-12-26/h5-8,13,20,27H,9-12,14-17H2,1-4H3/t20-/m0/s1. The molecule has 166 valence electrons. The fraction of sp³-hybridized carbons (Fsp3) is 0.565. The number of likely N-dealkylation sites (N-methyl/N-ethyl adjacent to an activating group) is 1. The van der Waals surface area contributed by atoms with Crippen LogP contribution in [-0.2, 0) is 13.1 Å². The van der Waals surface area contributed by atoms with Gasteiger partial charge in [-0.3, -0.25) is 9.80 Å². The van der Waals surface area contributed by atoms with E-state index in [1.807, 2.05) is 37.3 Å². The van der Waals surface area contributed by atoms with Gasteiger partial charge < -0.3 is 23.9 Å². The Balaban J connectivity index is 1.53. The molecule has 7 nitrogen and oxygen atoms in total. The number of hydrogen-bond donors (Lipinski definition) is 1. The molecule has 1 fully saturated rings. The zero-order valence-electron chi connectivity index (χ0n) is 18.6. The number of rotatable bonds is 10. The molecule has 2 aromatic rings. The molecule has 0 saturated carbocycles. The quantitative estimate of drug-likeness (QED) is 0.636. The van der Waals surface area contributed by atoms with Crippen LogP contribution in [0.5, 0.6) is 11.5 Å². The lowest BCUT2D eigenvalue weighted by molar-refractivity contribution is 0.0497. The van der Waals surface area contributed by atoms with Crippen LogP contribution in [0.3, 0.4) is 0 Å². The zero-order valence-corrected chi connectivity index (χ0v) is 18.6. The molecule has 1 aromatic heterocycles. The van der Waals surface area contributed by atoms with E-state index in [2.05, 4.69) is 28.8 Å². The maximum Gasteiger partial charge on any atom is 0.161 e. The molecule has 0 aliphatic carbocycles. The average molecular weight is 418 g/mol. The van der Waals surface area contributed by atoms with Gasteiger partial charge in [-0.1, -0.05) is 6.07 Å². The number of nitrogens with zero attached hydrogens (tertiary/aromatic N) is 3.